The predicted molar refractivity (Wildman–Crippen MR) is 26.1 cm³/mol. The average molecular weight is 106 g/mol. The first-order valence-electron chi connectivity index (χ1n) is 4.31. The number of aliphatic hydroxyl groups is 1. The van der Waals surface area contributed by atoms with E-state index in [0.29, 0.717) is 0 Å². The smallest absolute Gasteiger partial charge is 0.0602 e. The maximum Gasteiger partial charge on any atom is 0.0602 e. The molecule has 0 aromatic carbocycles. The second-order valence-electron chi connectivity index (χ2n) is 1.30. The highest BCUT2D eigenvalue weighted by molar-refractivity contribution is 4.58. The lowest BCUT2D eigenvalue weighted by molar-refractivity contribution is 0.0140. The zero-order chi connectivity index (χ0) is 8.65. The Kier molecular flexibility index (Phi) is 0.664. The Morgan fingerprint density at radius 1 is 1.86 bits per heavy atom. The van der Waals surface area contributed by atoms with Gasteiger partial charge in [-0.3, -0.25) is 0 Å². The lowest BCUT2D eigenvalue weighted by atomic mass is 10.2. The summed E-state index contributed by atoms with van der Waals surface area (Å²) in [6, 6.07) is 0. The molecule has 1 fully saturated rings. The molecule has 0 aromatic rings. The minimum atomic E-state index is -2.00. The first-order chi connectivity index (χ1) is 4.93. The van der Waals surface area contributed by atoms with Gasteiger partial charge in [0.15, 0.2) is 0 Å². The van der Waals surface area contributed by atoms with E-state index in [2.05, 4.69) is 4.74 Å². The minimum Gasteiger partial charge on any atom is -0.393 e. The molecule has 0 radical (unpaired) electrons. The Morgan fingerprint density at radius 2 is 2.71 bits per heavy atom. The van der Waals surface area contributed by atoms with Crippen molar-refractivity contribution in [3.63, 3.8) is 0 Å². The molecule has 1 aliphatic rings. The Hall–Kier alpha value is -0.0800. The Labute approximate surface area is 48.7 Å². The van der Waals surface area contributed by atoms with Crippen LogP contribution in [0.15, 0.2) is 0 Å². The van der Waals surface area contributed by atoms with Gasteiger partial charge >= 0.3 is 0 Å². The maximum absolute atomic E-state index is 9.14. The summed E-state index contributed by atoms with van der Waals surface area (Å²) in [4.78, 5) is 0. The number of hydrogen-bond donors (Lipinski definition) is 1. The number of hydrogen-bond acceptors (Lipinski definition) is 2. The van der Waals surface area contributed by atoms with Gasteiger partial charge in [-0.1, -0.05) is 0 Å². The van der Waals surface area contributed by atoms with Gasteiger partial charge in [0.25, 0.3) is 0 Å². The van der Waals surface area contributed by atoms with Gasteiger partial charge < -0.3 is 9.84 Å². The predicted octanol–water partition coefficient (Wildman–Crippen LogP) is 0.158. The zero-order valence-electron chi connectivity index (χ0n) is 7.79. The third-order valence-corrected chi connectivity index (χ3v) is 0.728. The third kappa shape index (κ3) is 1.45. The van der Waals surface area contributed by atoms with Crippen molar-refractivity contribution in [3.05, 3.63) is 0 Å². The Balaban J connectivity index is 2.67. The van der Waals surface area contributed by atoms with Crippen LogP contribution in [0.4, 0.5) is 0 Å². The van der Waals surface area contributed by atoms with Gasteiger partial charge in [-0.25, -0.2) is 0 Å². The van der Waals surface area contributed by atoms with Crippen molar-refractivity contribution in [3.8, 4) is 0 Å². The molecule has 1 saturated heterocycles. The van der Waals surface area contributed by atoms with Crippen LogP contribution in [0.3, 0.4) is 0 Å². The summed E-state index contributed by atoms with van der Waals surface area (Å²) in [6.45, 7) is -2.34. The highest BCUT2D eigenvalue weighted by Crippen LogP contribution is 2.03. The standard InChI is InChI=1S/C5H10O2/c6-5-1-3-7-4-2-5/h5-6H,1-4H2/i1D,3D,4D,5D. The fraction of sp³-hybridized carbons (Fsp3) is 1.00. The van der Waals surface area contributed by atoms with Gasteiger partial charge in [-0.15, -0.1) is 0 Å². The van der Waals surface area contributed by atoms with Gasteiger partial charge in [-0.05, 0) is 12.8 Å². The third-order valence-electron chi connectivity index (χ3n) is 0.728. The Morgan fingerprint density at radius 3 is 3.43 bits per heavy atom. The molecule has 7 heavy (non-hydrogen) atoms. The molecular formula is C5H10O2. The monoisotopic (exact) mass is 106 g/mol. The minimum absolute atomic E-state index is 0.226. The van der Waals surface area contributed by atoms with Gasteiger partial charge in [0.05, 0.1) is 10.2 Å². The number of rotatable bonds is 0. The summed E-state index contributed by atoms with van der Waals surface area (Å²) in [5.41, 5.74) is 0. The molecule has 0 aromatic heterocycles. The quantitative estimate of drug-likeness (QED) is 0.476. The van der Waals surface area contributed by atoms with Gasteiger partial charge in [0.1, 0.15) is 0 Å². The van der Waals surface area contributed by atoms with E-state index in [0.717, 1.165) is 0 Å². The molecule has 0 amide bonds. The fourth-order valence-corrected chi connectivity index (χ4v) is 0.375. The average Bonchev–Trinajstić information content (AvgIpc) is 1.81. The molecule has 1 aliphatic heterocycles. The van der Waals surface area contributed by atoms with Crippen LogP contribution in [0, 0.1) is 0 Å². The van der Waals surface area contributed by atoms with E-state index in [1.165, 1.54) is 0 Å². The van der Waals surface area contributed by atoms with E-state index < -0.39 is 25.6 Å². The summed E-state index contributed by atoms with van der Waals surface area (Å²) in [5.74, 6) is 0. The van der Waals surface area contributed by atoms with Crippen LogP contribution in [0.2, 0.25) is 0 Å². The molecule has 4 unspecified atom stereocenters. The van der Waals surface area contributed by atoms with Crippen molar-refractivity contribution in [2.75, 3.05) is 13.2 Å². The summed E-state index contributed by atoms with van der Waals surface area (Å²) in [6.07, 6.45) is -3.53. The normalized spacial score (nSPS) is 83.3. The van der Waals surface area contributed by atoms with Crippen molar-refractivity contribution in [1.29, 1.82) is 0 Å². The second-order valence-corrected chi connectivity index (χ2v) is 1.30. The van der Waals surface area contributed by atoms with Crippen LogP contribution in [0.25, 0.3) is 0 Å². The van der Waals surface area contributed by atoms with E-state index in [4.69, 9.17) is 10.6 Å². The summed E-state index contributed by atoms with van der Waals surface area (Å²) < 4.78 is 33.0. The largest absolute Gasteiger partial charge is 0.393 e. The fourth-order valence-electron chi connectivity index (χ4n) is 0.375. The van der Waals surface area contributed by atoms with E-state index >= 15 is 0 Å². The molecule has 1 N–H and O–H groups in total. The molecule has 2 heteroatoms. The Bertz CT molecular complexity index is 151. The maximum atomic E-state index is 9.14. The lowest BCUT2D eigenvalue weighted by Gasteiger charge is -2.15. The first kappa shape index (κ1) is 2.03. The van der Waals surface area contributed by atoms with Gasteiger partial charge in [0.2, 0.25) is 0 Å². The topological polar surface area (TPSA) is 29.5 Å². The zero-order valence-corrected chi connectivity index (χ0v) is 3.79. The van der Waals surface area contributed by atoms with E-state index in [1.807, 2.05) is 0 Å². The number of ether oxygens (including phenoxy) is 1. The molecule has 0 spiro atoms. The molecule has 0 aliphatic carbocycles. The van der Waals surface area contributed by atoms with Crippen LogP contribution in [0.5, 0.6) is 0 Å². The molecule has 0 saturated carbocycles. The summed E-state index contributed by atoms with van der Waals surface area (Å²) in [7, 11) is 0. The molecule has 42 valence electrons. The molecule has 1 heterocycles. The SMILES string of the molecule is [2H]C1CC([2H])(O)C([2H])C([2H])O1. The van der Waals surface area contributed by atoms with Crippen LogP contribution in [-0.2, 0) is 4.74 Å². The molecular weight excluding hydrogens is 92.1 g/mol. The molecule has 1 rings (SSSR count). The molecule has 4 atom stereocenters. The van der Waals surface area contributed by atoms with Crippen LogP contribution in [-0.4, -0.2) is 24.4 Å². The van der Waals surface area contributed by atoms with Gasteiger partial charge in [-0.2, -0.15) is 0 Å². The first-order valence-corrected chi connectivity index (χ1v) is 2.08. The van der Waals surface area contributed by atoms with Crippen molar-refractivity contribution >= 4 is 0 Å². The lowest BCUT2D eigenvalue weighted by Crippen LogP contribution is -2.19. The molecule has 0 bridgehead atoms. The van der Waals surface area contributed by atoms with Crippen molar-refractivity contribution in [2.45, 2.75) is 18.9 Å². The van der Waals surface area contributed by atoms with Crippen molar-refractivity contribution in [2.24, 2.45) is 0 Å². The van der Waals surface area contributed by atoms with E-state index in [-0.39, 0.29) is 6.42 Å². The highest BCUT2D eigenvalue weighted by atomic mass is 16.5. The highest BCUT2D eigenvalue weighted by Gasteiger charge is 2.07. The van der Waals surface area contributed by atoms with Crippen molar-refractivity contribution in [1.82, 2.24) is 0 Å². The van der Waals surface area contributed by atoms with Crippen LogP contribution >= 0.6 is 0 Å². The van der Waals surface area contributed by atoms with Gasteiger partial charge in [0, 0.05) is 14.5 Å². The van der Waals surface area contributed by atoms with Crippen molar-refractivity contribution < 1.29 is 15.3 Å². The second kappa shape index (κ2) is 2.28. The summed E-state index contributed by atoms with van der Waals surface area (Å²) in [5, 5.41) is 9.14. The van der Waals surface area contributed by atoms with E-state index in [1.54, 1.807) is 0 Å². The summed E-state index contributed by atoms with van der Waals surface area (Å²) >= 11 is 0. The van der Waals surface area contributed by atoms with E-state index in [9.17, 15) is 0 Å². The van der Waals surface area contributed by atoms with Crippen LogP contribution < -0.4 is 0 Å². The molecule has 2 nitrogen and oxygen atoms in total. The van der Waals surface area contributed by atoms with Crippen LogP contribution in [0.1, 0.15) is 18.3 Å².